The first-order valence-corrected chi connectivity index (χ1v) is 8.48. The molecule has 1 N–H and O–H groups in total. The van der Waals surface area contributed by atoms with Gasteiger partial charge in [-0.1, -0.05) is 48.0 Å². The van der Waals surface area contributed by atoms with Crippen LogP contribution < -0.4 is 0 Å². The van der Waals surface area contributed by atoms with Gasteiger partial charge in [-0.3, -0.25) is 0 Å². The van der Waals surface area contributed by atoms with Gasteiger partial charge in [0.25, 0.3) is 0 Å². The van der Waals surface area contributed by atoms with Crippen LogP contribution in [0.2, 0.25) is 0 Å². The highest BCUT2D eigenvalue weighted by atomic mass is 32.2. The fourth-order valence-electron chi connectivity index (χ4n) is 2.35. The van der Waals surface area contributed by atoms with E-state index < -0.39 is 21.2 Å². The molecule has 0 amide bonds. The van der Waals surface area contributed by atoms with Crippen molar-refractivity contribution in [2.24, 2.45) is 0 Å². The molecular formula is C18H18O3S. The van der Waals surface area contributed by atoms with Gasteiger partial charge in [0.05, 0.1) is 11.0 Å². The average Bonchev–Trinajstić information content (AvgIpc) is 2.50. The highest BCUT2D eigenvalue weighted by Gasteiger charge is 2.34. The first-order valence-electron chi connectivity index (χ1n) is 6.94. The van der Waals surface area contributed by atoms with Gasteiger partial charge in [-0.05, 0) is 24.6 Å². The van der Waals surface area contributed by atoms with Crippen LogP contribution in [0.1, 0.15) is 22.8 Å². The number of aliphatic hydroxyl groups excluding tert-OH is 1. The summed E-state index contributed by atoms with van der Waals surface area (Å²) in [5.41, 5.74) is 1.56. The maximum atomic E-state index is 12.9. The van der Waals surface area contributed by atoms with Crippen LogP contribution in [0.15, 0.2) is 59.5 Å². The predicted molar refractivity (Wildman–Crippen MR) is 87.0 cm³/mol. The normalized spacial score (nSPS) is 14.0. The molecule has 0 spiro atoms. The molecule has 2 atom stereocenters. The zero-order valence-electron chi connectivity index (χ0n) is 12.3. The molecule has 22 heavy (non-hydrogen) atoms. The number of sulfone groups is 1. The summed E-state index contributed by atoms with van der Waals surface area (Å²) in [6, 6.07) is 15.2. The van der Waals surface area contributed by atoms with E-state index in [1.807, 2.05) is 19.1 Å². The molecule has 4 heteroatoms. The predicted octanol–water partition coefficient (Wildman–Crippen LogP) is 2.89. The average molecular weight is 314 g/mol. The molecule has 2 aromatic rings. The smallest absolute Gasteiger partial charge is 0.187 e. The van der Waals surface area contributed by atoms with Crippen molar-refractivity contribution in [3.63, 3.8) is 0 Å². The van der Waals surface area contributed by atoms with E-state index in [0.717, 1.165) is 5.56 Å². The van der Waals surface area contributed by atoms with Gasteiger partial charge in [-0.15, -0.1) is 12.3 Å². The number of hydrogen-bond acceptors (Lipinski definition) is 3. The number of rotatable bonds is 5. The van der Waals surface area contributed by atoms with E-state index >= 15 is 0 Å². The third kappa shape index (κ3) is 3.38. The van der Waals surface area contributed by atoms with Crippen molar-refractivity contribution < 1.29 is 13.5 Å². The van der Waals surface area contributed by atoms with E-state index in [0.29, 0.717) is 5.56 Å². The molecule has 2 rings (SSSR count). The van der Waals surface area contributed by atoms with Crippen LogP contribution in [0.3, 0.4) is 0 Å². The Morgan fingerprint density at radius 3 is 2.23 bits per heavy atom. The second-order valence-electron chi connectivity index (χ2n) is 5.16. The zero-order valence-corrected chi connectivity index (χ0v) is 13.1. The summed E-state index contributed by atoms with van der Waals surface area (Å²) in [4.78, 5) is 0.177. The molecule has 114 valence electrons. The van der Waals surface area contributed by atoms with Gasteiger partial charge in [-0.25, -0.2) is 8.42 Å². The fourth-order valence-corrected chi connectivity index (χ4v) is 4.20. The summed E-state index contributed by atoms with van der Waals surface area (Å²) in [6.07, 6.45) is 4.07. The van der Waals surface area contributed by atoms with Gasteiger partial charge in [0.15, 0.2) is 9.84 Å². The van der Waals surface area contributed by atoms with Crippen LogP contribution in [0.4, 0.5) is 0 Å². The van der Waals surface area contributed by atoms with Crippen LogP contribution in [-0.2, 0) is 9.84 Å². The number of terminal acetylenes is 1. The number of hydrogen-bond donors (Lipinski definition) is 1. The molecule has 0 saturated heterocycles. The molecule has 0 aliphatic heterocycles. The topological polar surface area (TPSA) is 54.4 Å². The van der Waals surface area contributed by atoms with Gasteiger partial charge in [0.1, 0.15) is 5.25 Å². The molecule has 0 fully saturated rings. The van der Waals surface area contributed by atoms with Crippen molar-refractivity contribution in [1.82, 2.24) is 0 Å². The van der Waals surface area contributed by atoms with E-state index in [2.05, 4.69) is 5.92 Å². The summed E-state index contributed by atoms with van der Waals surface area (Å²) >= 11 is 0. The molecule has 0 aliphatic carbocycles. The lowest BCUT2D eigenvalue weighted by Gasteiger charge is -2.22. The lowest BCUT2D eigenvalue weighted by atomic mass is 10.0. The van der Waals surface area contributed by atoms with Crippen LogP contribution in [-0.4, -0.2) is 19.6 Å². The lowest BCUT2D eigenvalue weighted by molar-refractivity contribution is 0.174. The Balaban J connectivity index is 2.54. The van der Waals surface area contributed by atoms with Gasteiger partial charge in [-0.2, -0.15) is 0 Å². The third-order valence-corrected chi connectivity index (χ3v) is 5.67. The Hall–Kier alpha value is -2.09. The minimum absolute atomic E-state index is 0.0232. The Morgan fingerprint density at radius 2 is 1.68 bits per heavy atom. The van der Waals surface area contributed by atoms with Gasteiger partial charge < -0.3 is 5.11 Å². The summed E-state index contributed by atoms with van der Waals surface area (Å²) in [6.45, 7) is 1.92. The molecule has 0 aliphatic rings. The van der Waals surface area contributed by atoms with Crippen LogP contribution in [0.25, 0.3) is 0 Å². The standard InChI is InChI=1S/C18H18O3S/c1-3-7-17(19)18(15-12-10-14(2)11-13-15)22(20,21)16-8-5-4-6-9-16/h1,4-6,8-13,17-19H,7H2,2H3. The molecular weight excluding hydrogens is 296 g/mol. The lowest BCUT2D eigenvalue weighted by Crippen LogP contribution is -2.26. The SMILES string of the molecule is C#CCC(O)C(c1ccc(C)cc1)S(=O)(=O)c1ccccc1. The molecule has 0 saturated carbocycles. The van der Waals surface area contributed by atoms with Crippen LogP contribution in [0, 0.1) is 19.3 Å². The first kappa shape index (κ1) is 16.3. The van der Waals surface area contributed by atoms with Gasteiger partial charge in [0.2, 0.25) is 0 Å². The number of aliphatic hydroxyl groups is 1. The van der Waals surface area contributed by atoms with Gasteiger partial charge in [0, 0.05) is 6.42 Å². The maximum absolute atomic E-state index is 12.9. The second-order valence-corrected chi connectivity index (χ2v) is 7.23. The van der Waals surface area contributed by atoms with E-state index in [9.17, 15) is 13.5 Å². The molecule has 0 bridgehead atoms. The molecule has 2 aromatic carbocycles. The molecule has 0 aromatic heterocycles. The highest BCUT2D eigenvalue weighted by Crippen LogP contribution is 2.33. The number of benzene rings is 2. The van der Waals surface area contributed by atoms with Crippen molar-refractivity contribution in [1.29, 1.82) is 0 Å². The first-order chi connectivity index (χ1) is 10.5. The minimum atomic E-state index is -3.73. The largest absolute Gasteiger partial charge is 0.390 e. The Kier molecular flexibility index (Phi) is 5.02. The van der Waals surface area contributed by atoms with Crippen LogP contribution >= 0.6 is 0 Å². The van der Waals surface area contributed by atoms with Crippen molar-refractivity contribution in [3.05, 3.63) is 65.7 Å². The third-order valence-electron chi connectivity index (χ3n) is 3.49. The van der Waals surface area contributed by atoms with Crippen molar-refractivity contribution in [3.8, 4) is 12.3 Å². The summed E-state index contributed by atoms with van der Waals surface area (Å²) in [5, 5.41) is 9.23. The Morgan fingerprint density at radius 1 is 1.09 bits per heavy atom. The minimum Gasteiger partial charge on any atom is -0.390 e. The Labute approximate surface area is 131 Å². The van der Waals surface area contributed by atoms with Gasteiger partial charge >= 0.3 is 0 Å². The van der Waals surface area contributed by atoms with E-state index in [-0.39, 0.29) is 11.3 Å². The van der Waals surface area contributed by atoms with Crippen molar-refractivity contribution in [2.45, 2.75) is 29.6 Å². The molecule has 3 nitrogen and oxygen atoms in total. The van der Waals surface area contributed by atoms with E-state index in [1.165, 1.54) is 12.1 Å². The molecule has 2 unspecified atom stereocenters. The molecule has 0 heterocycles. The maximum Gasteiger partial charge on any atom is 0.187 e. The fraction of sp³-hybridized carbons (Fsp3) is 0.222. The second kappa shape index (κ2) is 6.78. The van der Waals surface area contributed by atoms with E-state index in [1.54, 1.807) is 30.3 Å². The van der Waals surface area contributed by atoms with Crippen LogP contribution in [0.5, 0.6) is 0 Å². The zero-order chi connectivity index (χ0) is 16.2. The summed E-state index contributed by atoms with van der Waals surface area (Å²) < 4.78 is 25.8. The Bertz CT molecular complexity index is 756. The highest BCUT2D eigenvalue weighted by molar-refractivity contribution is 7.91. The summed E-state index contributed by atoms with van der Waals surface area (Å²) in [7, 11) is -3.73. The van der Waals surface area contributed by atoms with Crippen molar-refractivity contribution in [2.75, 3.05) is 0 Å². The quantitative estimate of drug-likeness (QED) is 0.863. The summed E-state index contributed by atoms with van der Waals surface area (Å²) in [5.74, 6) is 2.34. The molecule has 0 radical (unpaired) electrons. The monoisotopic (exact) mass is 314 g/mol. The number of aryl methyl sites for hydroxylation is 1. The van der Waals surface area contributed by atoms with E-state index in [4.69, 9.17) is 6.42 Å². The van der Waals surface area contributed by atoms with Crippen molar-refractivity contribution >= 4 is 9.84 Å².